The lowest BCUT2D eigenvalue weighted by Gasteiger charge is -2.35. The van der Waals surface area contributed by atoms with Gasteiger partial charge in [0.25, 0.3) is 0 Å². The molecule has 0 aliphatic carbocycles. The van der Waals surface area contributed by atoms with Crippen molar-refractivity contribution in [2.24, 2.45) is 0 Å². The van der Waals surface area contributed by atoms with E-state index in [1.165, 1.54) is 4.80 Å². The molecule has 116 valence electrons. The highest BCUT2D eigenvalue weighted by molar-refractivity contribution is 5.80. The minimum Gasteiger partial charge on any atom is -0.336 e. The molecule has 1 N–H and O–H groups in total. The maximum absolute atomic E-state index is 12.6. The summed E-state index contributed by atoms with van der Waals surface area (Å²) >= 11 is 0. The van der Waals surface area contributed by atoms with Gasteiger partial charge in [-0.3, -0.25) is 4.79 Å². The predicted octanol–water partition coefficient (Wildman–Crippen LogP) is 0.721. The van der Waals surface area contributed by atoms with E-state index in [1.54, 1.807) is 0 Å². The topological polar surface area (TPSA) is 75.9 Å². The number of hydrogen-bond donors (Lipinski definition) is 1. The molecule has 1 aliphatic heterocycles. The smallest absolute Gasteiger partial charge is 0.249 e. The van der Waals surface area contributed by atoms with Crippen molar-refractivity contribution in [3.05, 3.63) is 30.3 Å². The zero-order valence-electron chi connectivity index (χ0n) is 12.8. The molecule has 2 aromatic rings. The first-order chi connectivity index (χ1) is 10.7. The van der Waals surface area contributed by atoms with Crippen LogP contribution in [0.2, 0.25) is 0 Å². The number of aromatic nitrogens is 4. The van der Waals surface area contributed by atoms with E-state index in [0.717, 1.165) is 18.7 Å². The summed E-state index contributed by atoms with van der Waals surface area (Å²) in [7, 11) is 0. The average Bonchev–Trinajstić information content (AvgIpc) is 3.05. The Morgan fingerprint density at radius 3 is 2.86 bits per heavy atom. The number of carbonyl (C=O) groups is 1. The maximum Gasteiger partial charge on any atom is 0.249 e. The molecular weight excluding hydrogens is 280 g/mol. The first-order valence-electron chi connectivity index (χ1n) is 7.53. The van der Waals surface area contributed by atoms with Gasteiger partial charge in [0.2, 0.25) is 11.7 Å². The Balaban J connectivity index is 1.76. The van der Waals surface area contributed by atoms with Gasteiger partial charge < -0.3 is 10.2 Å². The van der Waals surface area contributed by atoms with E-state index in [-0.39, 0.29) is 11.9 Å². The number of hydrogen-bond acceptors (Lipinski definition) is 5. The maximum atomic E-state index is 12.6. The van der Waals surface area contributed by atoms with E-state index in [4.69, 9.17) is 0 Å². The van der Waals surface area contributed by atoms with Gasteiger partial charge in [-0.25, -0.2) is 0 Å². The summed E-state index contributed by atoms with van der Waals surface area (Å²) in [4.78, 5) is 15.9. The van der Waals surface area contributed by atoms with Crippen molar-refractivity contribution in [2.75, 3.05) is 19.6 Å². The van der Waals surface area contributed by atoms with E-state index >= 15 is 0 Å². The molecule has 2 atom stereocenters. The Hall–Kier alpha value is -2.28. The van der Waals surface area contributed by atoms with Crippen LogP contribution in [0.15, 0.2) is 30.3 Å². The van der Waals surface area contributed by atoms with E-state index in [1.807, 2.05) is 49.1 Å². The van der Waals surface area contributed by atoms with Crippen molar-refractivity contribution in [1.82, 2.24) is 30.4 Å². The molecular formula is C15H20N6O. The Morgan fingerprint density at radius 2 is 2.14 bits per heavy atom. The molecule has 7 nitrogen and oxygen atoms in total. The van der Waals surface area contributed by atoms with E-state index in [2.05, 4.69) is 20.7 Å². The standard InChI is InChI=1S/C15H20N6O/c1-11-10-16-8-9-20(11)15(22)12(2)21-18-14(17-19-21)13-6-4-3-5-7-13/h3-7,11-12,16H,8-10H2,1-2H3/t11-,12?/m0/s1. The predicted molar refractivity (Wildman–Crippen MR) is 82.0 cm³/mol. The third-order valence-corrected chi connectivity index (χ3v) is 3.95. The summed E-state index contributed by atoms with van der Waals surface area (Å²) < 4.78 is 0. The molecule has 0 radical (unpaired) electrons. The SMILES string of the molecule is CC(C(=O)N1CCNC[C@@H]1C)n1nnc(-c2ccccc2)n1. The van der Waals surface area contributed by atoms with Crippen LogP contribution in [-0.4, -0.2) is 56.7 Å². The first kappa shape index (κ1) is 14.6. The zero-order chi connectivity index (χ0) is 15.5. The Kier molecular flexibility index (Phi) is 4.15. The fraction of sp³-hybridized carbons (Fsp3) is 0.467. The lowest BCUT2D eigenvalue weighted by atomic mass is 10.2. The van der Waals surface area contributed by atoms with Gasteiger partial charge in [-0.15, -0.1) is 10.2 Å². The fourth-order valence-corrected chi connectivity index (χ4v) is 2.60. The summed E-state index contributed by atoms with van der Waals surface area (Å²) in [5.74, 6) is 0.569. The summed E-state index contributed by atoms with van der Waals surface area (Å²) in [6, 6.07) is 9.36. The summed E-state index contributed by atoms with van der Waals surface area (Å²) in [5.41, 5.74) is 0.893. The van der Waals surface area contributed by atoms with Crippen molar-refractivity contribution in [1.29, 1.82) is 0 Å². The molecule has 0 saturated carbocycles. The lowest BCUT2D eigenvalue weighted by molar-refractivity contribution is -0.137. The average molecular weight is 300 g/mol. The van der Waals surface area contributed by atoms with Crippen LogP contribution < -0.4 is 5.32 Å². The highest BCUT2D eigenvalue weighted by Gasteiger charge is 2.29. The monoisotopic (exact) mass is 300 g/mol. The molecule has 3 rings (SSSR count). The molecule has 2 heterocycles. The second-order valence-electron chi connectivity index (χ2n) is 5.56. The van der Waals surface area contributed by atoms with E-state index < -0.39 is 6.04 Å². The second-order valence-corrected chi connectivity index (χ2v) is 5.56. The number of amides is 1. The van der Waals surface area contributed by atoms with Gasteiger partial charge in [-0.1, -0.05) is 30.3 Å². The molecule has 7 heteroatoms. The Bertz CT molecular complexity index is 640. The Morgan fingerprint density at radius 1 is 1.36 bits per heavy atom. The van der Waals surface area contributed by atoms with Gasteiger partial charge in [-0.05, 0) is 19.1 Å². The van der Waals surface area contributed by atoms with Gasteiger partial charge >= 0.3 is 0 Å². The molecule has 1 aromatic carbocycles. The van der Waals surface area contributed by atoms with E-state index in [0.29, 0.717) is 12.4 Å². The van der Waals surface area contributed by atoms with Crippen LogP contribution in [0, 0.1) is 0 Å². The number of tetrazole rings is 1. The Labute approximate surface area is 129 Å². The van der Waals surface area contributed by atoms with Gasteiger partial charge in [0.05, 0.1) is 0 Å². The molecule has 1 unspecified atom stereocenters. The van der Waals surface area contributed by atoms with Crippen LogP contribution in [0.5, 0.6) is 0 Å². The molecule has 0 spiro atoms. The fourth-order valence-electron chi connectivity index (χ4n) is 2.60. The van der Waals surface area contributed by atoms with Crippen molar-refractivity contribution in [2.45, 2.75) is 25.9 Å². The van der Waals surface area contributed by atoms with Crippen LogP contribution in [0.4, 0.5) is 0 Å². The van der Waals surface area contributed by atoms with Crippen LogP contribution in [-0.2, 0) is 4.79 Å². The molecule has 1 fully saturated rings. The summed E-state index contributed by atoms with van der Waals surface area (Å²) in [5, 5.41) is 15.7. The van der Waals surface area contributed by atoms with Gasteiger partial charge in [0.15, 0.2) is 0 Å². The normalized spacial score (nSPS) is 19.9. The van der Waals surface area contributed by atoms with Crippen LogP contribution in [0.25, 0.3) is 11.4 Å². The highest BCUT2D eigenvalue weighted by Crippen LogP contribution is 2.16. The molecule has 22 heavy (non-hydrogen) atoms. The molecule has 1 aliphatic rings. The molecule has 1 aromatic heterocycles. The van der Waals surface area contributed by atoms with Crippen molar-refractivity contribution in [3.63, 3.8) is 0 Å². The largest absolute Gasteiger partial charge is 0.336 e. The van der Waals surface area contributed by atoms with Gasteiger partial charge in [0.1, 0.15) is 6.04 Å². The summed E-state index contributed by atoms with van der Waals surface area (Å²) in [6.07, 6.45) is 0. The number of benzene rings is 1. The van der Waals surface area contributed by atoms with Crippen LogP contribution in [0.3, 0.4) is 0 Å². The van der Waals surface area contributed by atoms with Crippen LogP contribution >= 0.6 is 0 Å². The quantitative estimate of drug-likeness (QED) is 0.904. The minimum atomic E-state index is -0.453. The van der Waals surface area contributed by atoms with Gasteiger partial charge in [0, 0.05) is 31.2 Å². The second kappa shape index (κ2) is 6.23. The summed E-state index contributed by atoms with van der Waals surface area (Å²) in [6.45, 7) is 6.21. The van der Waals surface area contributed by atoms with Gasteiger partial charge in [-0.2, -0.15) is 4.80 Å². The van der Waals surface area contributed by atoms with Crippen molar-refractivity contribution >= 4 is 5.91 Å². The number of rotatable bonds is 3. The molecule has 1 saturated heterocycles. The third-order valence-electron chi connectivity index (χ3n) is 3.95. The van der Waals surface area contributed by atoms with E-state index in [9.17, 15) is 4.79 Å². The first-order valence-corrected chi connectivity index (χ1v) is 7.53. The number of nitrogens with zero attached hydrogens (tertiary/aromatic N) is 5. The minimum absolute atomic E-state index is 0.0333. The number of nitrogens with one attached hydrogen (secondary N) is 1. The zero-order valence-corrected chi connectivity index (χ0v) is 12.8. The molecule has 1 amide bonds. The van der Waals surface area contributed by atoms with Crippen molar-refractivity contribution < 1.29 is 4.79 Å². The van der Waals surface area contributed by atoms with Crippen LogP contribution in [0.1, 0.15) is 19.9 Å². The lowest BCUT2D eigenvalue weighted by Crippen LogP contribution is -2.53. The van der Waals surface area contributed by atoms with Crippen molar-refractivity contribution in [3.8, 4) is 11.4 Å². The highest BCUT2D eigenvalue weighted by atomic mass is 16.2. The number of piperazine rings is 1. The number of carbonyl (C=O) groups excluding carboxylic acids is 1. The third kappa shape index (κ3) is 2.85. The molecule has 0 bridgehead atoms.